The summed E-state index contributed by atoms with van der Waals surface area (Å²) in [4.78, 5) is 24.5. The number of benzene rings is 2. The van der Waals surface area contributed by atoms with Crippen LogP contribution < -0.4 is 34.4 Å². The third-order valence-corrected chi connectivity index (χ3v) is 5.01. The van der Waals surface area contributed by atoms with E-state index in [4.69, 9.17) is 23.7 Å². The molecule has 0 aliphatic rings. The average Bonchev–Trinajstić information content (AvgIpc) is 2.82. The van der Waals surface area contributed by atoms with Crippen LogP contribution in [0.25, 0.3) is 0 Å². The van der Waals surface area contributed by atoms with E-state index < -0.39 is 0 Å². The second-order valence-corrected chi connectivity index (χ2v) is 7.31. The molecule has 0 radical (unpaired) electrons. The second-order valence-electron chi connectivity index (χ2n) is 6.45. The molecule has 2 aromatic rings. The number of amides is 2. The fourth-order valence-electron chi connectivity index (χ4n) is 2.85. The number of carbonyl (C=O) groups excluding carboxylic acids is 2. The molecule has 33 heavy (non-hydrogen) atoms. The molecule has 10 nitrogen and oxygen atoms in total. The van der Waals surface area contributed by atoms with Crippen LogP contribution in [0.15, 0.2) is 33.8 Å². The average molecular weight is 524 g/mol. The number of ether oxygens (including phenoxy) is 5. The van der Waals surface area contributed by atoms with E-state index in [0.717, 1.165) is 0 Å². The minimum Gasteiger partial charge on any atom is -0.493 e. The topological polar surface area (TPSA) is 117 Å². The molecule has 0 spiro atoms. The minimum absolute atomic E-state index is 0.0309. The summed E-state index contributed by atoms with van der Waals surface area (Å²) in [7, 11) is 7.47. The zero-order valence-electron chi connectivity index (χ0n) is 19.0. The highest BCUT2D eigenvalue weighted by atomic mass is 79.9. The molecule has 0 saturated carbocycles. The van der Waals surface area contributed by atoms with Crippen molar-refractivity contribution >= 4 is 34.0 Å². The number of hydrazone groups is 1. The van der Waals surface area contributed by atoms with Crippen LogP contribution in [-0.2, 0) is 4.79 Å². The van der Waals surface area contributed by atoms with E-state index in [9.17, 15) is 9.59 Å². The Morgan fingerprint density at radius 1 is 0.879 bits per heavy atom. The van der Waals surface area contributed by atoms with Gasteiger partial charge in [-0.05, 0) is 45.8 Å². The van der Waals surface area contributed by atoms with E-state index in [0.29, 0.717) is 44.3 Å². The standard InChI is InChI=1S/C22H26BrN3O7/c1-29-16-9-13(8-15(23)20(16)32-4)12-25-26-19(27)6-7-24-22(28)14-10-17(30-2)21(33-5)18(11-14)31-3/h8-12H,6-7H2,1-5H3,(H,24,28)(H,26,27)/b25-12+. The summed E-state index contributed by atoms with van der Waals surface area (Å²) < 4.78 is 26.9. The van der Waals surface area contributed by atoms with Gasteiger partial charge in [0.1, 0.15) is 0 Å². The minimum atomic E-state index is -0.388. The van der Waals surface area contributed by atoms with E-state index in [1.54, 1.807) is 12.1 Å². The van der Waals surface area contributed by atoms with Crippen molar-refractivity contribution in [2.75, 3.05) is 42.1 Å². The number of methoxy groups -OCH3 is 5. The van der Waals surface area contributed by atoms with Crippen molar-refractivity contribution in [1.82, 2.24) is 10.7 Å². The Morgan fingerprint density at radius 2 is 1.45 bits per heavy atom. The predicted molar refractivity (Wildman–Crippen MR) is 126 cm³/mol. The first-order valence-corrected chi connectivity index (χ1v) is 10.5. The quantitative estimate of drug-likeness (QED) is 0.343. The van der Waals surface area contributed by atoms with Gasteiger partial charge in [0.2, 0.25) is 11.7 Å². The van der Waals surface area contributed by atoms with Crippen LogP contribution in [0.5, 0.6) is 28.7 Å². The number of hydrogen-bond donors (Lipinski definition) is 2. The molecule has 0 aromatic heterocycles. The third kappa shape index (κ3) is 6.75. The molecule has 0 heterocycles. The molecule has 0 saturated heterocycles. The highest BCUT2D eigenvalue weighted by Gasteiger charge is 2.17. The number of halogens is 1. The van der Waals surface area contributed by atoms with Gasteiger partial charge in [-0.15, -0.1) is 0 Å². The molecular weight excluding hydrogens is 498 g/mol. The van der Waals surface area contributed by atoms with Crippen LogP contribution in [0.2, 0.25) is 0 Å². The summed E-state index contributed by atoms with van der Waals surface area (Å²) in [5.41, 5.74) is 3.41. The number of hydrogen-bond acceptors (Lipinski definition) is 8. The van der Waals surface area contributed by atoms with Crippen molar-refractivity contribution in [2.45, 2.75) is 6.42 Å². The lowest BCUT2D eigenvalue weighted by Crippen LogP contribution is -2.29. The molecule has 0 aliphatic carbocycles. The predicted octanol–water partition coefficient (Wildman–Crippen LogP) is 2.76. The van der Waals surface area contributed by atoms with Crippen LogP contribution in [0.4, 0.5) is 0 Å². The molecule has 11 heteroatoms. The summed E-state index contributed by atoms with van der Waals surface area (Å²) in [6.07, 6.45) is 1.50. The molecule has 0 unspecified atom stereocenters. The van der Waals surface area contributed by atoms with Gasteiger partial charge in [-0.2, -0.15) is 5.10 Å². The largest absolute Gasteiger partial charge is 0.493 e. The summed E-state index contributed by atoms with van der Waals surface area (Å²) >= 11 is 3.40. The van der Waals surface area contributed by atoms with Crippen LogP contribution in [0.3, 0.4) is 0 Å². The molecule has 178 valence electrons. The summed E-state index contributed by atoms with van der Waals surface area (Å²) in [5.74, 6) is 1.43. The number of rotatable bonds is 11. The maximum absolute atomic E-state index is 12.5. The highest BCUT2D eigenvalue weighted by molar-refractivity contribution is 9.10. The molecule has 0 fully saturated rings. The Bertz CT molecular complexity index is 1000. The molecule has 2 amide bonds. The van der Waals surface area contributed by atoms with Gasteiger partial charge >= 0.3 is 0 Å². The van der Waals surface area contributed by atoms with Crippen molar-refractivity contribution < 1.29 is 33.3 Å². The van der Waals surface area contributed by atoms with Gasteiger partial charge in [0.05, 0.1) is 46.2 Å². The Kier molecular flexibility index (Phi) is 9.80. The van der Waals surface area contributed by atoms with Gasteiger partial charge < -0.3 is 29.0 Å². The van der Waals surface area contributed by atoms with Crippen LogP contribution in [0.1, 0.15) is 22.3 Å². The lowest BCUT2D eigenvalue weighted by Gasteiger charge is -2.14. The van der Waals surface area contributed by atoms with Gasteiger partial charge in [-0.25, -0.2) is 5.43 Å². The van der Waals surface area contributed by atoms with Crippen molar-refractivity contribution in [1.29, 1.82) is 0 Å². The first-order valence-electron chi connectivity index (χ1n) is 9.70. The van der Waals surface area contributed by atoms with Gasteiger partial charge in [-0.1, -0.05) is 0 Å². The number of nitrogens with one attached hydrogen (secondary N) is 2. The van der Waals surface area contributed by atoms with E-state index >= 15 is 0 Å². The Hall–Kier alpha value is -3.47. The van der Waals surface area contributed by atoms with E-state index in [1.807, 2.05) is 0 Å². The maximum Gasteiger partial charge on any atom is 0.251 e. The van der Waals surface area contributed by atoms with Crippen LogP contribution in [0, 0.1) is 0 Å². The van der Waals surface area contributed by atoms with Crippen molar-refractivity contribution in [2.24, 2.45) is 5.10 Å². The van der Waals surface area contributed by atoms with Crippen molar-refractivity contribution in [3.8, 4) is 28.7 Å². The van der Waals surface area contributed by atoms with Gasteiger partial charge in [0.15, 0.2) is 23.0 Å². The molecular formula is C22H26BrN3O7. The van der Waals surface area contributed by atoms with Gasteiger partial charge in [0.25, 0.3) is 5.91 Å². The highest BCUT2D eigenvalue weighted by Crippen LogP contribution is 2.38. The molecule has 0 bridgehead atoms. The molecule has 2 rings (SSSR count). The first kappa shape index (κ1) is 25.8. The normalized spacial score (nSPS) is 10.5. The fourth-order valence-corrected chi connectivity index (χ4v) is 3.47. The maximum atomic E-state index is 12.5. The number of nitrogens with zero attached hydrogens (tertiary/aromatic N) is 1. The molecule has 2 aromatic carbocycles. The molecule has 0 aliphatic heterocycles. The molecule has 2 N–H and O–H groups in total. The van der Waals surface area contributed by atoms with E-state index in [1.165, 1.54) is 53.9 Å². The summed E-state index contributed by atoms with van der Waals surface area (Å²) in [6.45, 7) is 0.110. The van der Waals surface area contributed by atoms with Gasteiger partial charge in [-0.3, -0.25) is 9.59 Å². The Labute approximate surface area is 200 Å². The van der Waals surface area contributed by atoms with Crippen molar-refractivity contribution in [3.05, 3.63) is 39.9 Å². The fraction of sp³-hybridized carbons (Fsp3) is 0.318. The zero-order chi connectivity index (χ0) is 24.4. The second kappa shape index (κ2) is 12.5. The van der Waals surface area contributed by atoms with E-state index in [-0.39, 0.29) is 24.8 Å². The third-order valence-electron chi connectivity index (χ3n) is 4.42. The number of carbonyl (C=O) groups is 2. The van der Waals surface area contributed by atoms with E-state index in [2.05, 4.69) is 31.8 Å². The van der Waals surface area contributed by atoms with Gasteiger partial charge in [0, 0.05) is 18.5 Å². The smallest absolute Gasteiger partial charge is 0.251 e. The van der Waals surface area contributed by atoms with Crippen molar-refractivity contribution in [3.63, 3.8) is 0 Å². The summed E-state index contributed by atoms with van der Waals surface area (Å²) in [5, 5.41) is 6.61. The van der Waals surface area contributed by atoms with Crippen LogP contribution >= 0.6 is 15.9 Å². The Balaban J connectivity index is 1.91. The lowest BCUT2D eigenvalue weighted by atomic mass is 10.1. The SMILES string of the molecule is COc1cc(/C=N/NC(=O)CCNC(=O)c2cc(OC)c(OC)c(OC)c2)cc(Br)c1OC. The Morgan fingerprint density at radius 3 is 2.00 bits per heavy atom. The monoisotopic (exact) mass is 523 g/mol. The summed E-state index contributed by atoms with van der Waals surface area (Å²) in [6, 6.07) is 6.55. The lowest BCUT2D eigenvalue weighted by molar-refractivity contribution is -0.120. The molecule has 0 atom stereocenters. The zero-order valence-corrected chi connectivity index (χ0v) is 20.6. The van der Waals surface area contributed by atoms with Crippen LogP contribution in [-0.4, -0.2) is 60.1 Å². The first-order chi connectivity index (χ1) is 15.9.